The summed E-state index contributed by atoms with van der Waals surface area (Å²) in [6.07, 6.45) is 0. The molecule has 212 valence electrons. The predicted molar refractivity (Wildman–Crippen MR) is 189 cm³/mol. The molecule has 8 aromatic rings. The molecule has 3 aliphatic rings. The van der Waals surface area contributed by atoms with Gasteiger partial charge in [0, 0.05) is 10.9 Å². The van der Waals surface area contributed by atoms with E-state index in [1.807, 2.05) is 6.07 Å². The van der Waals surface area contributed by atoms with Gasteiger partial charge in [0.2, 0.25) is 0 Å². The lowest BCUT2D eigenvalue weighted by atomic mass is 9.69. The van der Waals surface area contributed by atoms with E-state index in [4.69, 9.17) is 4.74 Å². The van der Waals surface area contributed by atoms with Gasteiger partial charge in [0.15, 0.2) is 0 Å². The van der Waals surface area contributed by atoms with Gasteiger partial charge in [-0.3, -0.25) is 0 Å². The number of hydrogen-bond acceptors (Lipinski definition) is 1. The Morgan fingerprint density at radius 1 is 0.370 bits per heavy atom. The van der Waals surface area contributed by atoms with Gasteiger partial charge in [0.1, 0.15) is 11.5 Å². The van der Waals surface area contributed by atoms with Gasteiger partial charge in [-0.15, -0.1) is 0 Å². The van der Waals surface area contributed by atoms with E-state index in [2.05, 4.69) is 152 Å². The van der Waals surface area contributed by atoms with Gasteiger partial charge in [-0.1, -0.05) is 127 Å². The number of para-hydroxylation sites is 1. The molecule has 1 spiro atoms. The molecule has 11 rings (SSSR count). The van der Waals surface area contributed by atoms with Gasteiger partial charge in [-0.05, 0) is 108 Å². The standard InChI is InChI=1S/C45H26O/c1-2-12-31-27(10-1)20-22-35-32-13-3-6-16-38(32)45(44(31)35)39-17-7-4-14-33(39)36-25-28(21-23-40(36)45)30-24-29-11-9-19-42-43(29)37(26-30)34-15-5-8-18-41(34)46-42/h1-26H. The van der Waals surface area contributed by atoms with Crippen LogP contribution < -0.4 is 4.74 Å². The minimum atomic E-state index is -0.377. The van der Waals surface area contributed by atoms with Crippen LogP contribution in [-0.2, 0) is 5.41 Å². The number of rotatable bonds is 1. The molecule has 0 N–H and O–H groups in total. The molecule has 0 radical (unpaired) electrons. The Kier molecular flexibility index (Phi) is 4.57. The fourth-order valence-corrected chi connectivity index (χ4v) is 8.86. The Labute approximate surface area is 267 Å². The van der Waals surface area contributed by atoms with Crippen molar-refractivity contribution in [3.05, 3.63) is 180 Å². The third-order valence-electron chi connectivity index (χ3n) is 10.6. The van der Waals surface area contributed by atoms with Crippen LogP contribution in [0.2, 0.25) is 0 Å². The molecule has 2 aliphatic carbocycles. The molecule has 1 heterocycles. The Balaban J connectivity index is 1.21. The van der Waals surface area contributed by atoms with E-state index in [1.54, 1.807) is 0 Å². The summed E-state index contributed by atoms with van der Waals surface area (Å²) in [5.41, 5.74) is 15.3. The van der Waals surface area contributed by atoms with E-state index >= 15 is 0 Å². The van der Waals surface area contributed by atoms with Crippen molar-refractivity contribution in [3.8, 4) is 56.0 Å². The molecule has 46 heavy (non-hydrogen) atoms. The van der Waals surface area contributed by atoms with E-state index in [1.165, 1.54) is 82.7 Å². The molecule has 0 bridgehead atoms. The number of ether oxygens (including phenoxy) is 1. The molecule has 0 amide bonds. The summed E-state index contributed by atoms with van der Waals surface area (Å²) < 4.78 is 6.34. The van der Waals surface area contributed by atoms with E-state index in [9.17, 15) is 0 Å². The Morgan fingerprint density at radius 3 is 1.89 bits per heavy atom. The summed E-state index contributed by atoms with van der Waals surface area (Å²) in [4.78, 5) is 0. The average molecular weight is 583 g/mol. The summed E-state index contributed by atoms with van der Waals surface area (Å²) in [6.45, 7) is 0. The van der Waals surface area contributed by atoms with Crippen molar-refractivity contribution in [3.63, 3.8) is 0 Å². The van der Waals surface area contributed by atoms with E-state index in [-0.39, 0.29) is 5.41 Å². The van der Waals surface area contributed by atoms with Crippen LogP contribution in [0.1, 0.15) is 22.3 Å². The highest BCUT2D eigenvalue weighted by Gasteiger charge is 2.52. The summed E-state index contributed by atoms with van der Waals surface area (Å²) in [5, 5.41) is 4.99. The van der Waals surface area contributed by atoms with Gasteiger partial charge in [-0.2, -0.15) is 0 Å². The molecular weight excluding hydrogens is 556 g/mol. The first-order valence-electron chi connectivity index (χ1n) is 16.0. The van der Waals surface area contributed by atoms with Gasteiger partial charge in [-0.25, -0.2) is 0 Å². The molecule has 0 saturated heterocycles. The van der Waals surface area contributed by atoms with Crippen LogP contribution in [0.4, 0.5) is 0 Å². The molecule has 1 atom stereocenters. The molecule has 0 fully saturated rings. The highest BCUT2D eigenvalue weighted by molar-refractivity contribution is 6.07. The topological polar surface area (TPSA) is 9.23 Å². The Bertz CT molecular complexity index is 2630. The van der Waals surface area contributed by atoms with Crippen LogP contribution in [-0.4, -0.2) is 0 Å². The van der Waals surface area contributed by atoms with Crippen LogP contribution >= 0.6 is 0 Å². The molecule has 1 nitrogen and oxygen atoms in total. The van der Waals surface area contributed by atoms with Crippen LogP contribution in [0.3, 0.4) is 0 Å². The minimum Gasteiger partial charge on any atom is -0.456 e. The Hall–Kier alpha value is -5.92. The first kappa shape index (κ1) is 24.4. The maximum absolute atomic E-state index is 6.34. The number of fused-ring (bicyclic) bond motifs is 14. The quantitative estimate of drug-likeness (QED) is 0.187. The monoisotopic (exact) mass is 582 g/mol. The van der Waals surface area contributed by atoms with E-state index < -0.39 is 0 Å². The maximum atomic E-state index is 6.34. The maximum Gasteiger partial charge on any atom is 0.135 e. The van der Waals surface area contributed by atoms with Crippen molar-refractivity contribution in [2.45, 2.75) is 5.41 Å². The van der Waals surface area contributed by atoms with Gasteiger partial charge >= 0.3 is 0 Å². The van der Waals surface area contributed by atoms with Gasteiger partial charge in [0.25, 0.3) is 0 Å². The first-order chi connectivity index (χ1) is 22.8. The summed E-state index contributed by atoms with van der Waals surface area (Å²) in [7, 11) is 0. The summed E-state index contributed by atoms with van der Waals surface area (Å²) >= 11 is 0. The molecule has 0 aromatic heterocycles. The third-order valence-corrected chi connectivity index (χ3v) is 10.6. The predicted octanol–water partition coefficient (Wildman–Crippen LogP) is 11.8. The molecular formula is C45H26O. The molecule has 0 saturated carbocycles. The lowest BCUT2D eigenvalue weighted by Crippen LogP contribution is -2.26. The zero-order chi connectivity index (χ0) is 30.0. The lowest BCUT2D eigenvalue weighted by Gasteiger charge is -2.31. The van der Waals surface area contributed by atoms with Crippen LogP contribution in [0.25, 0.3) is 66.1 Å². The van der Waals surface area contributed by atoms with Crippen molar-refractivity contribution in [1.82, 2.24) is 0 Å². The number of hydrogen-bond donors (Lipinski definition) is 0. The van der Waals surface area contributed by atoms with Crippen molar-refractivity contribution in [2.24, 2.45) is 0 Å². The molecule has 1 heteroatoms. The smallest absolute Gasteiger partial charge is 0.135 e. The normalized spacial score (nSPS) is 16.1. The van der Waals surface area contributed by atoms with Gasteiger partial charge in [0.05, 0.1) is 5.41 Å². The highest BCUT2D eigenvalue weighted by Crippen LogP contribution is 2.64. The number of benzene rings is 8. The second-order valence-electron chi connectivity index (χ2n) is 12.8. The van der Waals surface area contributed by atoms with Gasteiger partial charge < -0.3 is 4.74 Å². The summed E-state index contributed by atoms with van der Waals surface area (Å²) in [5.74, 6) is 1.84. The zero-order valence-corrected chi connectivity index (χ0v) is 24.9. The Morgan fingerprint density at radius 2 is 1.02 bits per heavy atom. The minimum absolute atomic E-state index is 0.377. The third kappa shape index (κ3) is 2.91. The lowest BCUT2D eigenvalue weighted by molar-refractivity contribution is 0.487. The van der Waals surface area contributed by atoms with Crippen LogP contribution in [0.5, 0.6) is 11.5 Å². The second-order valence-corrected chi connectivity index (χ2v) is 12.8. The van der Waals surface area contributed by atoms with Crippen molar-refractivity contribution in [2.75, 3.05) is 0 Å². The summed E-state index contributed by atoms with van der Waals surface area (Å²) in [6, 6.07) is 58.3. The van der Waals surface area contributed by atoms with E-state index in [0.29, 0.717) is 0 Å². The molecule has 8 aromatic carbocycles. The van der Waals surface area contributed by atoms with Crippen molar-refractivity contribution in [1.29, 1.82) is 0 Å². The molecule has 1 aliphatic heterocycles. The van der Waals surface area contributed by atoms with Crippen LogP contribution in [0, 0.1) is 0 Å². The first-order valence-corrected chi connectivity index (χ1v) is 16.0. The van der Waals surface area contributed by atoms with Crippen molar-refractivity contribution < 1.29 is 4.74 Å². The fourth-order valence-electron chi connectivity index (χ4n) is 8.86. The van der Waals surface area contributed by atoms with Crippen LogP contribution in [0.15, 0.2) is 158 Å². The second kappa shape index (κ2) is 8.62. The van der Waals surface area contributed by atoms with Crippen molar-refractivity contribution >= 4 is 21.5 Å². The fraction of sp³-hybridized carbons (Fsp3) is 0.0222. The largest absolute Gasteiger partial charge is 0.456 e. The highest BCUT2D eigenvalue weighted by atomic mass is 16.5. The zero-order valence-electron chi connectivity index (χ0n) is 24.9. The van der Waals surface area contributed by atoms with E-state index in [0.717, 1.165) is 17.1 Å². The average Bonchev–Trinajstić information content (AvgIpc) is 3.59. The molecule has 1 unspecified atom stereocenters. The SMILES string of the molecule is c1ccc2c(c1)Oc1cccc3cc(-c4ccc5c(c4)-c4ccccc4C54c5ccccc5-c5ccc6ccccc6c54)cc-2c13.